The van der Waals surface area contributed by atoms with E-state index in [1.807, 2.05) is 0 Å². The van der Waals surface area contributed by atoms with Crippen LogP contribution in [0.2, 0.25) is 0 Å². The van der Waals surface area contributed by atoms with Gasteiger partial charge in [0.15, 0.2) is 35.5 Å². The molecule has 0 saturated carbocycles. The summed E-state index contributed by atoms with van der Waals surface area (Å²) < 4.78 is 40.9. The summed E-state index contributed by atoms with van der Waals surface area (Å²) in [5, 5.41) is 2.87. The highest BCUT2D eigenvalue weighted by Gasteiger charge is 2.62. The predicted octanol–water partition coefficient (Wildman–Crippen LogP) is 1.79. The van der Waals surface area contributed by atoms with Gasteiger partial charge in [-0.1, -0.05) is 0 Å². The summed E-state index contributed by atoms with van der Waals surface area (Å²) in [4.78, 5) is 13.1. The lowest BCUT2D eigenvalue weighted by atomic mass is 9.98. The third-order valence-corrected chi connectivity index (χ3v) is 5.22. The average Bonchev–Trinajstić information content (AvgIpc) is 3.14. The lowest BCUT2D eigenvalue weighted by Gasteiger charge is -2.36. The molecule has 0 aromatic heterocycles. The maximum Gasteiger partial charge on any atom is 0.256 e. The van der Waals surface area contributed by atoms with Crippen LogP contribution in [0, 0.1) is 0 Å². The SMILES string of the molecule is CC1(C)O[C@@H]2[C@@H](O1)[C@H](C(=O)Nc1ccc3c(c1)OCCO3)O[C@H]1OC(C)(C)O[C@@H]12. The molecule has 1 N–H and O–H groups in total. The van der Waals surface area contributed by atoms with Crippen LogP contribution in [0.3, 0.4) is 0 Å². The normalized spacial score (nSPS) is 36.2. The zero-order valence-corrected chi connectivity index (χ0v) is 16.8. The molecule has 5 atom stereocenters. The van der Waals surface area contributed by atoms with Gasteiger partial charge in [0.1, 0.15) is 31.5 Å². The van der Waals surface area contributed by atoms with E-state index < -0.39 is 42.3 Å². The van der Waals surface area contributed by atoms with Crippen molar-refractivity contribution in [1.29, 1.82) is 0 Å². The Bertz CT molecular complexity index is 825. The Kier molecular flexibility index (Phi) is 4.31. The molecule has 0 unspecified atom stereocenters. The zero-order chi connectivity index (χ0) is 20.4. The maximum atomic E-state index is 13.1. The fraction of sp³-hybridized carbons (Fsp3) is 0.650. The Morgan fingerprint density at radius 3 is 2.34 bits per heavy atom. The Hall–Kier alpha value is -1.91. The Balaban J connectivity index is 1.37. The van der Waals surface area contributed by atoms with Crippen LogP contribution in [-0.4, -0.2) is 61.4 Å². The molecule has 29 heavy (non-hydrogen) atoms. The molecule has 0 radical (unpaired) electrons. The lowest BCUT2D eigenvalue weighted by Crippen LogP contribution is -2.58. The maximum absolute atomic E-state index is 13.1. The highest BCUT2D eigenvalue weighted by molar-refractivity contribution is 5.95. The second-order valence-corrected chi connectivity index (χ2v) is 8.44. The number of benzene rings is 1. The van der Waals surface area contributed by atoms with Crippen LogP contribution in [0.5, 0.6) is 11.5 Å². The smallest absolute Gasteiger partial charge is 0.256 e. The summed E-state index contributed by atoms with van der Waals surface area (Å²) in [6.07, 6.45) is -3.23. The van der Waals surface area contributed by atoms with Gasteiger partial charge in [-0.3, -0.25) is 4.79 Å². The number of carbonyl (C=O) groups excluding carboxylic acids is 1. The summed E-state index contributed by atoms with van der Waals surface area (Å²) >= 11 is 0. The number of amides is 1. The van der Waals surface area contributed by atoms with Gasteiger partial charge in [0.2, 0.25) is 0 Å². The monoisotopic (exact) mass is 407 g/mol. The molecule has 3 saturated heterocycles. The van der Waals surface area contributed by atoms with Crippen molar-refractivity contribution in [3.05, 3.63) is 18.2 Å². The van der Waals surface area contributed by atoms with Crippen molar-refractivity contribution in [3.63, 3.8) is 0 Å². The van der Waals surface area contributed by atoms with Gasteiger partial charge in [-0.2, -0.15) is 0 Å². The van der Waals surface area contributed by atoms with Gasteiger partial charge in [-0.25, -0.2) is 0 Å². The minimum Gasteiger partial charge on any atom is -0.486 e. The quantitative estimate of drug-likeness (QED) is 0.793. The second-order valence-electron chi connectivity index (χ2n) is 8.44. The largest absolute Gasteiger partial charge is 0.486 e. The van der Waals surface area contributed by atoms with Crippen LogP contribution >= 0.6 is 0 Å². The average molecular weight is 407 g/mol. The number of hydrogen-bond donors (Lipinski definition) is 1. The number of rotatable bonds is 2. The van der Waals surface area contributed by atoms with Gasteiger partial charge < -0.3 is 38.5 Å². The van der Waals surface area contributed by atoms with E-state index >= 15 is 0 Å². The number of carbonyl (C=O) groups is 1. The number of ether oxygens (including phenoxy) is 7. The van der Waals surface area contributed by atoms with Gasteiger partial charge in [-0.15, -0.1) is 0 Å². The zero-order valence-electron chi connectivity index (χ0n) is 16.8. The van der Waals surface area contributed by atoms with E-state index in [-0.39, 0.29) is 5.91 Å². The Morgan fingerprint density at radius 2 is 1.55 bits per heavy atom. The fourth-order valence-electron chi connectivity index (χ4n) is 4.16. The summed E-state index contributed by atoms with van der Waals surface area (Å²) in [5.74, 6) is -0.813. The third kappa shape index (κ3) is 3.47. The summed E-state index contributed by atoms with van der Waals surface area (Å²) in [6.45, 7) is 8.18. The number of nitrogens with one attached hydrogen (secondary N) is 1. The summed E-state index contributed by atoms with van der Waals surface area (Å²) in [7, 11) is 0. The molecule has 1 aromatic carbocycles. The fourth-order valence-corrected chi connectivity index (χ4v) is 4.16. The van der Waals surface area contributed by atoms with Crippen LogP contribution in [-0.2, 0) is 28.5 Å². The topological polar surface area (TPSA) is 93.7 Å². The lowest BCUT2D eigenvalue weighted by molar-refractivity contribution is -0.229. The van der Waals surface area contributed by atoms with Crippen LogP contribution in [0.1, 0.15) is 27.7 Å². The van der Waals surface area contributed by atoms with Crippen molar-refractivity contribution >= 4 is 11.6 Å². The van der Waals surface area contributed by atoms with Gasteiger partial charge in [-0.05, 0) is 39.8 Å². The van der Waals surface area contributed by atoms with Crippen molar-refractivity contribution in [2.45, 2.75) is 70.0 Å². The first kappa shape index (κ1) is 19.1. The van der Waals surface area contributed by atoms with E-state index in [0.29, 0.717) is 30.4 Å². The number of fused-ring (bicyclic) bond motifs is 4. The van der Waals surface area contributed by atoms with Crippen LogP contribution in [0.25, 0.3) is 0 Å². The minimum atomic E-state index is -0.922. The molecule has 5 rings (SSSR count). The first-order valence-corrected chi connectivity index (χ1v) is 9.78. The predicted molar refractivity (Wildman–Crippen MR) is 98.6 cm³/mol. The standard InChI is InChI=1S/C20H25NO8/c1-19(2)26-13-14(27-19)16-18(29-20(3,4)28-16)25-15(13)17(22)21-10-5-6-11-12(9-10)24-8-7-23-11/h5-6,9,13-16,18H,7-8H2,1-4H3,(H,21,22)/t13-,14-,15-,16-,18+/m1/s1. The third-order valence-electron chi connectivity index (χ3n) is 5.22. The van der Waals surface area contributed by atoms with Crippen molar-refractivity contribution in [2.75, 3.05) is 18.5 Å². The van der Waals surface area contributed by atoms with Gasteiger partial charge >= 0.3 is 0 Å². The second kappa shape index (κ2) is 6.55. The molecule has 3 fully saturated rings. The molecular weight excluding hydrogens is 382 g/mol. The van der Waals surface area contributed by atoms with E-state index in [1.54, 1.807) is 45.9 Å². The van der Waals surface area contributed by atoms with Gasteiger partial charge in [0.05, 0.1) is 0 Å². The molecule has 4 aliphatic rings. The highest BCUT2D eigenvalue weighted by Crippen LogP contribution is 2.44. The van der Waals surface area contributed by atoms with Crippen LogP contribution < -0.4 is 14.8 Å². The molecule has 0 spiro atoms. The summed E-state index contributed by atoms with van der Waals surface area (Å²) in [6, 6.07) is 5.24. The van der Waals surface area contributed by atoms with E-state index in [1.165, 1.54) is 0 Å². The van der Waals surface area contributed by atoms with Crippen LogP contribution in [0.15, 0.2) is 18.2 Å². The number of anilines is 1. The molecule has 4 aliphatic heterocycles. The Morgan fingerprint density at radius 1 is 0.897 bits per heavy atom. The molecule has 1 amide bonds. The van der Waals surface area contributed by atoms with Crippen molar-refractivity contribution in [2.24, 2.45) is 0 Å². The molecule has 0 bridgehead atoms. The van der Waals surface area contributed by atoms with Crippen molar-refractivity contribution < 1.29 is 38.0 Å². The molecule has 0 aliphatic carbocycles. The van der Waals surface area contributed by atoms with Gasteiger partial charge in [0, 0.05) is 11.8 Å². The van der Waals surface area contributed by atoms with Gasteiger partial charge in [0.25, 0.3) is 5.91 Å². The molecule has 158 valence electrons. The molecule has 9 nitrogen and oxygen atoms in total. The van der Waals surface area contributed by atoms with E-state index in [4.69, 9.17) is 33.2 Å². The first-order valence-electron chi connectivity index (χ1n) is 9.78. The summed E-state index contributed by atoms with van der Waals surface area (Å²) in [5.41, 5.74) is 0.573. The van der Waals surface area contributed by atoms with E-state index in [0.717, 1.165) is 0 Å². The highest BCUT2D eigenvalue weighted by atomic mass is 16.9. The number of hydrogen-bond acceptors (Lipinski definition) is 8. The molecular formula is C20H25NO8. The molecule has 4 heterocycles. The minimum absolute atomic E-state index is 0.357. The van der Waals surface area contributed by atoms with E-state index in [2.05, 4.69) is 5.32 Å². The molecule has 1 aromatic rings. The Labute approximate surface area is 168 Å². The van der Waals surface area contributed by atoms with E-state index in [9.17, 15) is 4.79 Å². The molecule has 9 heteroatoms. The van der Waals surface area contributed by atoms with Crippen LogP contribution in [0.4, 0.5) is 5.69 Å². The first-order chi connectivity index (χ1) is 13.7. The van der Waals surface area contributed by atoms with Crippen molar-refractivity contribution in [3.8, 4) is 11.5 Å². The van der Waals surface area contributed by atoms with Crippen molar-refractivity contribution in [1.82, 2.24) is 0 Å².